The third-order valence-electron chi connectivity index (χ3n) is 2.66. The minimum Gasteiger partial charge on any atom is -0.461 e. The highest BCUT2D eigenvalue weighted by Gasteiger charge is 2.11. The van der Waals surface area contributed by atoms with E-state index in [0.29, 0.717) is 18.0 Å². The summed E-state index contributed by atoms with van der Waals surface area (Å²) >= 11 is 0. The van der Waals surface area contributed by atoms with Gasteiger partial charge in [0.1, 0.15) is 5.69 Å². The first-order valence-corrected chi connectivity index (χ1v) is 6.12. The molecule has 0 unspecified atom stereocenters. The third-order valence-corrected chi connectivity index (χ3v) is 2.66. The highest BCUT2D eigenvalue weighted by Crippen LogP contribution is 2.20. The average Bonchev–Trinajstić information content (AvgIpc) is 2.39. The maximum atomic E-state index is 11.7. The predicted molar refractivity (Wildman–Crippen MR) is 74.8 cm³/mol. The zero-order valence-electron chi connectivity index (χ0n) is 11.0. The molecule has 0 atom stereocenters. The summed E-state index contributed by atoms with van der Waals surface area (Å²) in [7, 11) is 0. The summed E-state index contributed by atoms with van der Waals surface area (Å²) in [6.45, 7) is 4.03. The van der Waals surface area contributed by atoms with Crippen LogP contribution < -0.4 is 5.73 Å². The minimum absolute atomic E-state index is 0.327. The van der Waals surface area contributed by atoms with E-state index in [1.54, 1.807) is 13.0 Å². The number of hydrogen-bond acceptors (Lipinski definition) is 4. The second-order valence-electron chi connectivity index (χ2n) is 4.26. The highest BCUT2D eigenvalue weighted by atomic mass is 16.5. The maximum absolute atomic E-state index is 11.7. The molecule has 0 saturated heterocycles. The maximum Gasteiger partial charge on any atom is 0.356 e. The molecule has 0 aliphatic carbocycles. The SMILES string of the molecule is CCOC(=O)c1cc(C)cc(-c2ccc(N)cc2)n1. The second-order valence-corrected chi connectivity index (χ2v) is 4.26. The largest absolute Gasteiger partial charge is 0.461 e. The Morgan fingerprint density at radius 1 is 1.26 bits per heavy atom. The van der Waals surface area contributed by atoms with Crippen molar-refractivity contribution < 1.29 is 9.53 Å². The van der Waals surface area contributed by atoms with Crippen molar-refractivity contribution in [1.29, 1.82) is 0 Å². The molecule has 1 aromatic carbocycles. The molecule has 0 radical (unpaired) electrons. The molecule has 0 bridgehead atoms. The van der Waals surface area contributed by atoms with Crippen LogP contribution in [0, 0.1) is 6.92 Å². The van der Waals surface area contributed by atoms with E-state index in [0.717, 1.165) is 16.8 Å². The number of nitrogens with two attached hydrogens (primary N) is 1. The highest BCUT2D eigenvalue weighted by molar-refractivity contribution is 5.88. The van der Waals surface area contributed by atoms with Crippen LogP contribution in [0.3, 0.4) is 0 Å². The number of benzene rings is 1. The molecule has 0 aliphatic heterocycles. The average molecular weight is 256 g/mol. The molecule has 4 nitrogen and oxygen atoms in total. The number of pyridine rings is 1. The van der Waals surface area contributed by atoms with Crippen LogP contribution >= 0.6 is 0 Å². The van der Waals surface area contributed by atoms with Crippen LogP contribution in [0.5, 0.6) is 0 Å². The van der Waals surface area contributed by atoms with Gasteiger partial charge in [0, 0.05) is 11.3 Å². The lowest BCUT2D eigenvalue weighted by molar-refractivity contribution is 0.0519. The molecule has 1 aromatic heterocycles. The van der Waals surface area contributed by atoms with Crippen LogP contribution in [0.25, 0.3) is 11.3 Å². The van der Waals surface area contributed by atoms with E-state index in [9.17, 15) is 4.79 Å². The Hall–Kier alpha value is -2.36. The van der Waals surface area contributed by atoms with Gasteiger partial charge in [-0.05, 0) is 43.7 Å². The Morgan fingerprint density at radius 3 is 2.58 bits per heavy atom. The van der Waals surface area contributed by atoms with E-state index in [-0.39, 0.29) is 0 Å². The monoisotopic (exact) mass is 256 g/mol. The number of esters is 1. The molecule has 0 spiro atoms. The van der Waals surface area contributed by atoms with Gasteiger partial charge in [-0.25, -0.2) is 9.78 Å². The minimum atomic E-state index is -0.400. The van der Waals surface area contributed by atoms with Crippen LogP contribution in [0.1, 0.15) is 23.0 Å². The first kappa shape index (κ1) is 13.1. The van der Waals surface area contributed by atoms with Crippen LogP contribution in [-0.2, 0) is 4.74 Å². The molecular weight excluding hydrogens is 240 g/mol. The fourth-order valence-electron chi connectivity index (χ4n) is 1.78. The fourth-order valence-corrected chi connectivity index (χ4v) is 1.78. The van der Waals surface area contributed by atoms with Crippen LogP contribution in [0.2, 0.25) is 0 Å². The quantitative estimate of drug-likeness (QED) is 0.677. The van der Waals surface area contributed by atoms with Gasteiger partial charge in [-0.1, -0.05) is 12.1 Å². The Morgan fingerprint density at radius 2 is 1.95 bits per heavy atom. The zero-order valence-corrected chi connectivity index (χ0v) is 11.0. The van der Waals surface area contributed by atoms with Crippen molar-refractivity contribution in [2.75, 3.05) is 12.3 Å². The molecule has 2 N–H and O–H groups in total. The molecule has 0 aliphatic rings. The molecule has 0 amide bonds. The van der Waals surface area contributed by atoms with Gasteiger partial charge >= 0.3 is 5.97 Å². The van der Waals surface area contributed by atoms with Gasteiger partial charge < -0.3 is 10.5 Å². The number of rotatable bonds is 3. The Balaban J connectivity index is 2.41. The topological polar surface area (TPSA) is 65.2 Å². The van der Waals surface area contributed by atoms with Gasteiger partial charge in [-0.3, -0.25) is 0 Å². The molecule has 1 heterocycles. The third kappa shape index (κ3) is 3.10. The molecular formula is C15H16N2O2. The van der Waals surface area contributed by atoms with Crippen LogP contribution in [0.15, 0.2) is 36.4 Å². The summed E-state index contributed by atoms with van der Waals surface area (Å²) in [6, 6.07) is 11.0. The summed E-state index contributed by atoms with van der Waals surface area (Å²) in [5.74, 6) is -0.400. The Labute approximate surface area is 112 Å². The molecule has 98 valence electrons. The van der Waals surface area contributed by atoms with Gasteiger partial charge in [-0.15, -0.1) is 0 Å². The van der Waals surface area contributed by atoms with E-state index in [1.807, 2.05) is 37.3 Å². The lowest BCUT2D eigenvalue weighted by Crippen LogP contribution is -2.08. The molecule has 4 heteroatoms. The van der Waals surface area contributed by atoms with Crippen molar-refractivity contribution in [3.8, 4) is 11.3 Å². The Kier molecular flexibility index (Phi) is 3.80. The smallest absolute Gasteiger partial charge is 0.356 e. The van der Waals surface area contributed by atoms with E-state index < -0.39 is 5.97 Å². The molecule has 19 heavy (non-hydrogen) atoms. The number of carbonyl (C=O) groups excluding carboxylic acids is 1. The molecule has 0 fully saturated rings. The van der Waals surface area contributed by atoms with E-state index >= 15 is 0 Å². The first-order chi connectivity index (χ1) is 9.10. The number of aryl methyl sites for hydroxylation is 1. The number of nitrogen functional groups attached to an aromatic ring is 1. The summed E-state index contributed by atoms with van der Waals surface area (Å²) in [5.41, 5.74) is 9.30. The number of anilines is 1. The van der Waals surface area contributed by atoms with Crippen molar-refractivity contribution in [2.24, 2.45) is 0 Å². The van der Waals surface area contributed by atoms with Gasteiger partial charge in [0.2, 0.25) is 0 Å². The van der Waals surface area contributed by atoms with Crippen LogP contribution in [-0.4, -0.2) is 17.6 Å². The number of aromatic nitrogens is 1. The lowest BCUT2D eigenvalue weighted by Gasteiger charge is -2.07. The van der Waals surface area contributed by atoms with Crippen molar-refractivity contribution in [3.05, 3.63) is 47.7 Å². The summed E-state index contributed by atoms with van der Waals surface area (Å²) in [6.07, 6.45) is 0. The number of nitrogens with zero attached hydrogens (tertiary/aromatic N) is 1. The first-order valence-electron chi connectivity index (χ1n) is 6.12. The second kappa shape index (κ2) is 5.52. The molecule has 2 rings (SSSR count). The van der Waals surface area contributed by atoms with E-state index in [4.69, 9.17) is 10.5 Å². The van der Waals surface area contributed by atoms with Gasteiger partial charge in [0.15, 0.2) is 0 Å². The number of hydrogen-bond donors (Lipinski definition) is 1. The fraction of sp³-hybridized carbons (Fsp3) is 0.200. The predicted octanol–water partition coefficient (Wildman–Crippen LogP) is 2.82. The van der Waals surface area contributed by atoms with E-state index in [2.05, 4.69) is 4.98 Å². The summed E-state index contributed by atoms with van der Waals surface area (Å²) < 4.78 is 4.97. The zero-order chi connectivity index (χ0) is 13.8. The number of ether oxygens (including phenoxy) is 1. The Bertz CT molecular complexity index is 592. The van der Waals surface area contributed by atoms with Gasteiger partial charge in [0.25, 0.3) is 0 Å². The van der Waals surface area contributed by atoms with Crippen LogP contribution in [0.4, 0.5) is 5.69 Å². The number of carbonyl (C=O) groups is 1. The van der Waals surface area contributed by atoms with Gasteiger partial charge in [-0.2, -0.15) is 0 Å². The standard InChI is InChI=1S/C15H16N2O2/c1-3-19-15(18)14-9-10(2)8-13(17-14)11-4-6-12(16)7-5-11/h4-9H,3,16H2,1-2H3. The van der Waals surface area contributed by atoms with E-state index in [1.165, 1.54) is 0 Å². The van der Waals surface area contributed by atoms with Crippen molar-refractivity contribution in [2.45, 2.75) is 13.8 Å². The summed E-state index contributed by atoms with van der Waals surface area (Å²) in [5, 5.41) is 0. The normalized spacial score (nSPS) is 10.2. The van der Waals surface area contributed by atoms with Crippen molar-refractivity contribution in [3.63, 3.8) is 0 Å². The lowest BCUT2D eigenvalue weighted by atomic mass is 10.1. The van der Waals surface area contributed by atoms with Crippen molar-refractivity contribution in [1.82, 2.24) is 4.98 Å². The molecule has 0 saturated carbocycles. The van der Waals surface area contributed by atoms with Gasteiger partial charge in [0.05, 0.1) is 12.3 Å². The molecule has 2 aromatic rings. The summed E-state index contributed by atoms with van der Waals surface area (Å²) in [4.78, 5) is 16.1. The van der Waals surface area contributed by atoms with Crippen molar-refractivity contribution >= 4 is 11.7 Å².